The topological polar surface area (TPSA) is 26.3 Å². The van der Waals surface area contributed by atoms with E-state index in [1.165, 1.54) is 108 Å². The Balaban J connectivity index is 1.06. The molecule has 0 aromatic heterocycles. The van der Waals surface area contributed by atoms with Gasteiger partial charge >= 0.3 is 5.97 Å². The average molecular weight is 673 g/mol. The predicted molar refractivity (Wildman–Crippen MR) is 208 cm³/mol. The number of esters is 1. The van der Waals surface area contributed by atoms with Gasteiger partial charge in [0.05, 0.1) is 0 Å². The quantitative estimate of drug-likeness (QED) is 0.115. The molecule has 0 aliphatic heterocycles. The third-order valence-corrected chi connectivity index (χ3v) is 15.4. The van der Waals surface area contributed by atoms with Gasteiger partial charge in [-0.2, -0.15) is 0 Å². The summed E-state index contributed by atoms with van der Waals surface area (Å²) in [4.78, 5) is 13.2. The van der Waals surface area contributed by atoms with Crippen LogP contribution < -0.4 is 0 Å². The number of hydrogen-bond donors (Lipinski definition) is 0. The fourth-order valence-corrected chi connectivity index (χ4v) is 12.1. The van der Waals surface area contributed by atoms with Crippen LogP contribution in [0, 0.1) is 58.2 Å². The molecule has 4 aliphatic rings. The van der Waals surface area contributed by atoms with E-state index in [0.717, 1.165) is 60.7 Å². The van der Waals surface area contributed by atoms with Gasteiger partial charge in [-0.25, -0.2) is 0 Å². The Morgan fingerprint density at radius 1 is 0.816 bits per heavy atom. The lowest BCUT2D eigenvalue weighted by molar-refractivity contribution is -0.152. The smallest absolute Gasteiger partial charge is 0.306 e. The van der Waals surface area contributed by atoms with Gasteiger partial charge in [-0.3, -0.25) is 4.79 Å². The molecule has 3 saturated carbocycles. The zero-order valence-corrected chi connectivity index (χ0v) is 33.1. The summed E-state index contributed by atoms with van der Waals surface area (Å²) >= 11 is 0. The lowest BCUT2D eigenvalue weighted by Crippen LogP contribution is -2.51. The Morgan fingerprint density at radius 3 is 2.24 bits per heavy atom. The van der Waals surface area contributed by atoms with Crippen LogP contribution in [0.5, 0.6) is 0 Å². The molecular weight excluding hydrogens is 597 g/mol. The molecule has 10 atom stereocenters. The van der Waals surface area contributed by atoms with Gasteiger partial charge in [-0.15, -0.1) is 0 Å². The van der Waals surface area contributed by atoms with Crippen LogP contribution in [0.15, 0.2) is 42.0 Å². The predicted octanol–water partition coefficient (Wildman–Crippen LogP) is 13.6. The number of rotatable bonds is 18. The highest BCUT2D eigenvalue weighted by Gasteiger charge is 2.59. The summed E-state index contributed by atoms with van der Waals surface area (Å²) in [5.74, 6) is 6.73. The number of benzene rings is 1. The second-order valence-electron chi connectivity index (χ2n) is 18.7. The summed E-state index contributed by atoms with van der Waals surface area (Å²) in [6.45, 7) is 17.3. The first kappa shape index (κ1) is 38.7. The van der Waals surface area contributed by atoms with E-state index in [4.69, 9.17) is 4.74 Å². The Kier molecular flexibility index (Phi) is 14.0. The summed E-state index contributed by atoms with van der Waals surface area (Å²) in [5.41, 5.74) is 3.97. The van der Waals surface area contributed by atoms with Crippen LogP contribution in [0.1, 0.15) is 176 Å². The van der Waals surface area contributed by atoms with Crippen LogP contribution in [-0.4, -0.2) is 12.1 Å². The zero-order valence-electron chi connectivity index (χ0n) is 33.1. The SMILES string of the molecule is CCC(CCCC(CC)CCc1ccccc1)CCC(=O)O[C@H]1CC[C@@]2(C)C(=CC[C@H]3[C@@H]4CC[C@H]([C@H](C)CCCC(C)C)[C@@]4(C)CC[C@@H]32)C1. The highest BCUT2D eigenvalue weighted by Crippen LogP contribution is 2.67. The van der Waals surface area contributed by atoms with Crippen molar-refractivity contribution in [3.8, 4) is 0 Å². The highest BCUT2D eigenvalue weighted by atomic mass is 16.5. The summed E-state index contributed by atoms with van der Waals surface area (Å²) < 4.78 is 6.24. The van der Waals surface area contributed by atoms with E-state index in [0.29, 0.717) is 23.2 Å². The van der Waals surface area contributed by atoms with Crippen molar-refractivity contribution in [1.29, 1.82) is 0 Å². The Hall–Kier alpha value is -1.57. The fourth-order valence-electron chi connectivity index (χ4n) is 12.1. The lowest BCUT2D eigenvalue weighted by atomic mass is 9.47. The summed E-state index contributed by atoms with van der Waals surface area (Å²) in [6.07, 6.45) is 27.6. The van der Waals surface area contributed by atoms with Crippen molar-refractivity contribution >= 4 is 5.97 Å². The van der Waals surface area contributed by atoms with E-state index in [9.17, 15) is 4.79 Å². The van der Waals surface area contributed by atoms with Crippen LogP contribution >= 0.6 is 0 Å². The van der Waals surface area contributed by atoms with Gasteiger partial charge in [-0.05, 0) is 128 Å². The molecule has 0 radical (unpaired) electrons. The van der Waals surface area contributed by atoms with Crippen molar-refractivity contribution < 1.29 is 9.53 Å². The van der Waals surface area contributed by atoms with Gasteiger partial charge in [0.25, 0.3) is 0 Å². The molecule has 276 valence electrons. The first-order valence-corrected chi connectivity index (χ1v) is 21.5. The molecule has 1 aromatic rings. The van der Waals surface area contributed by atoms with Gasteiger partial charge in [-0.1, -0.05) is 142 Å². The van der Waals surface area contributed by atoms with E-state index in [2.05, 4.69) is 84.9 Å². The van der Waals surface area contributed by atoms with Crippen LogP contribution in [0.3, 0.4) is 0 Å². The molecule has 1 aromatic carbocycles. The van der Waals surface area contributed by atoms with E-state index >= 15 is 0 Å². The second kappa shape index (κ2) is 17.8. The number of allylic oxidation sites excluding steroid dienone is 1. The van der Waals surface area contributed by atoms with Gasteiger partial charge in [0.15, 0.2) is 0 Å². The van der Waals surface area contributed by atoms with Crippen molar-refractivity contribution in [2.24, 2.45) is 58.2 Å². The Bertz CT molecular complexity index is 1180. The van der Waals surface area contributed by atoms with Crippen LogP contribution in [0.4, 0.5) is 0 Å². The van der Waals surface area contributed by atoms with E-state index in [1.54, 1.807) is 5.57 Å². The van der Waals surface area contributed by atoms with Crippen molar-refractivity contribution in [2.45, 2.75) is 183 Å². The molecule has 4 aliphatic carbocycles. The molecule has 0 bridgehead atoms. The largest absolute Gasteiger partial charge is 0.462 e. The maximum Gasteiger partial charge on any atom is 0.306 e. The van der Waals surface area contributed by atoms with E-state index in [-0.39, 0.29) is 12.1 Å². The Morgan fingerprint density at radius 2 is 1.53 bits per heavy atom. The fraction of sp³-hybridized carbons (Fsp3) is 0.809. The third kappa shape index (κ3) is 9.46. The molecule has 3 fully saturated rings. The minimum atomic E-state index is 0.0589. The monoisotopic (exact) mass is 673 g/mol. The number of aryl methyl sites for hydroxylation is 1. The third-order valence-electron chi connectivity index (χ3n) is 15.4. The van der Waals surface area contributed by atoms with Crippen LogP contribution in [0.2, 0.25) is 0 Å². The number of ether oxygens (including phenoxy) is 1. The molecule has 0 spiro atoms. The van der Waals surface area contributed by atoms with Gasteiger partial charge in [0.2, 0.25) is 0 Å². The minimum Gasteiger partial charge on any atom is -0.462 e. The summed E-state index contributed by atoms with van der Waals surface area (Å²) in [6, 6.07) is 11.0. The standard InChI is InChI=1S/C47H76O2/c1-8-36(21-22-38-17-11-10-12-18-38)19-14-20-37(9-2)23-28-45(48)49-40-29-31-46(6)39(33-40)24-25-41-43-27-26-42(35(5)16-13-15-34(3)4)47(43,7)32-30-44(41)46/h10-12,17-18,24,34-37,40-44H,8-9,13-16,19-23,25-33H2,1-7H3/t35-,36?,37?,40+,41+,42-,43+,44+,46+,47-/m1/s1. The van der Waals surface area contributed by atoms with Gasteiger partial charge in [0.1, 0.15) is 6.10 Å². The molecule has 0 heterocycles. The number of carbonyl (C=O) groups is 1. The molecule has 0 N–H and O–H groups in total. The number of hydrogen-bond acceptors (Lipinski definition) is 2. The highest BCUT2D eigenvalue weighted by molar-refractivity contribution is 5.69. The molecule has 2 nitrogen and oxygen atoms in total. The maximum atomic E-state index is 13.2. The average Bonchev–Trinajstić information content (AvgIpc) is 3.45. The Labute approximate surface area is 303 Å². The molecule has 2 heteroatoms. The van der Waals surface area contributed by atoms with Crippen molar-refractivity contribution in [2.75, 3.05) is 0 Å². The molecule has 2 unspecified atom stereocenters. The van der Waals surface area contributed by atoms with Crippen LogP contribution in [0.25, 0.3) is 0 Å². The first-order valence-electron chi connectivity index (χ1n) is 21.5. The molecular formula is C47H76O2. The zero-order chi connectivity index (χ0) is 35.0. The summed E-state index contributed by atoms with van der Waals surface area (Å²) in [7, 11) is 0. The summed E-state index contributed by atoms with van der Waals surface area (Å²) in [5, 5.41) is 0. The molecule has 5 rings (SSSR count). The van der Waals surface area contributed by atoms with Crippen molar-refractivity contribution in [1.82, 2.24) is 0 Å². The normalized spacial score (nSPS) is 32.8. The molecule has 0 amide bonds. The first-order chi connectivity index (χ1) is 23.6. The van der Waals surface area contributed by atoms with E-state index in [1.807, 2.05) is 0 Å². The van der Waals surface area contributed by atoms with Crippen molar-refractivity contribution in [3.05, 3.63) is 47.5 Å². The van der Waals surface area contributed by atoms with Crippen LogP contribution in [-0.2, 0) is 16.0 Å². The van der Waals surface area contributed by atoms with Gasteiger partial charge in [0, 0.05) is 12.8 Å². The lowest BCUT2D eigenvalue weighted by Gasteiger charge is -2.58. The number of fused-ring (bicyclic) bond motifs is 5. The van der Waals surface area contributed by atoms with E-state index < -0.39 is 0 Å². The van der Waals surface area contributed by atoms with Crippen molar-refractivity contribution in [3.63, 3.8) is 0 Å². The maximum absolute atomic E-state index is 13.2. The number of carbonyl (C=O) groups excluding carboxylic acids is 1. The molecule has 49 heavy (non-hydrogen) atoms. The van der Waals surface area contributed by atoms with Gasteiger partial charge < -0.3 is 4.74 Å². The second-order valence-corrected chi connectivity index (χ2v) is 18.7. The minimum absolute atomic E-state index is 0.0589. The molecule has 0 saturated heterocycles.